The number of hydrogen-bond donors (Lipinski definition) is 0. The van der Waals surface area contributed by atoms with E-state index in [4.69, 9.17) is 0 Å². The molecule has 0 bridgehead atoms. The third-order valence-corrected chi connectivity index (χ3v) is 8.21. The van der Waals surface area contributed by atoms with Crippen molar-refractivity contribution < 1.29 is 0 Å². The number of rotatable bonds is 1. The standard InChI is InChI=1S/C20H21NS2/c1-13-7-3-4-8-15(13)21-14(2)18-17(20(21)10-5-6-11-20)19-16(23-18)9-12-22-19/h3-4,7-9,12,14H,5-6,10-11H2,1-2H3/t14-/m0/s1. The highest BCUT2D eigenvalue weighted by Gasteiger charge is 2.52. The van der Waals surface area contributed by atoms with Gasteiger partial charge < -0.3 is 4.90 Å². The Morgan fingerprint density at radius 3 is 2.70 bits per heavy atom. The van der Waals surface area contributed by atoms with Crippen LogP contribution in [0.5, 0.6) is 0 Å². The van der Waals surface area contributed by atoms with Gasteiger partial charge in [-0.1, -0.05) is 31.0 Å². The van der Waals surface area contributed by atoms with Gasteiger partial charge in [-0.2, -0.15) is 0 Å². The van der Waals surface area contributed by atoms with Crippen molar-refractivity contribution in [2.24, 2.45) is 0 Å². The highest BCUT2D eigenvalue weighted by Crippen LogP contribution is 2.61. The number of nitrogens with zero attached hydrogens (tertiary/aromatic N) is 1. The van der Waals surface area contributed by atoms with E-state index in [1.807, 2.05) is 22.7 Å². The summed E-state index contributed by atoms with van der Waals surface area (Å²) in [5, 5.41) is 2.27. The number of fused-ring (bicyclic) bond motifs is 4. The molecular formula is C20H21NS2. The van der Waals surface area contributed by atoms with Crippen LogP contribution in [0.1, 0.15) is 54.7 Å². The Morgan fingerprint density at radius 2 is 1.91 bits per heavy atom. The van der Waals surface area contributed by atoms with E-state index < -0.39 is 0 Å². The van der Waals surface area contributed by atoms with Gasteiger partial charge in [0, 0.05) is 20.8 Å². The fraction of sp³-hybridized carbons (Fsp3) is 0.400. The number of hydrogen-bond acceptors (Lipinski definition) is 3. The topological polar surface area (TPSA) is 3.24 Å². The minimum atomic E-state index is 0.240. The highest BCUT2D eigenvalue weighted by atomic mass is 32.1. The summed E-state index contributed by atoms with van der Waals surface area (Å²) < 4.78 is 3.07. The minimum Gasteiger partial charge on any atom is -0.354 e. The summed E-state index contributed by atoms with van der Waals surface area (Å²) >= 11 is 3.98. The second-order valence-corrected chi connectivity index (χ2v) is 9.03. The van der Waals surface area contributed by atoms with Gasteiger partial charge in [-0.05, 0) is 49.8 Å². The zero-order valence-corrected chi connectivity index (χ0v) is 15.3. The first-order valence-corrected chi connectivity index (χ1v) is 10.3. The molecule has 118 valence electrons. The van der Waals surface area contributed by atoms with Crippen molar-refractivity contribution >= 4 is 37.8 Å². The second kappa shape index (κ2) is 4.84. The number of para-hydroxylation sites is 1. The predicted octanol–water partition coefficient (Wildman–Crippen LogP) is 6.62. The van der Waals surface area contributed by atoms with Crippen molar-refractivity contribution in [3.63, 3.8) is 0 Å². The van der Waals surface area contributed by atoms with Crippen molar-refractivity contribution in [2.45, 2.75) is 51.1 Å². The summed E-state index contributed by atoms with van der Waals surface area (Å²) in [5.74, 6) is 0. The molecule has 2 aliphatic rings. The Kier molecular flexibility index (Phi) is 2.96. The molecule has 1 aliphatic carbocycles. The van der Waals surface area contributed by atoms with Gasteiger partial charge >= 0.3 is 0 Å². The van der Waals surface area contributed by atoms with Gasteiger partial charge in [-0.15, -0.1) is 22.7 Å². The molecule has 1 spiro atoms. The molecule has 3 heteroatoms. The molecule has 1 fully saturated rings. The lowest BCUT2D eigenvalue weighted by molar-refractivity contribution is 0.418. The Bertz CT molecular complexity index is 882. The number of anilines is 1. The molecule has 0 amide bonds. The number of thiophene rings is 2. The first-order valence-electron chi connectivity index (χ1n) is 8.58. The minimum absolute atomic E-state index is 0.240. The molecule has 2 aromatic heterocycles. The van der Waals surface area contributed by atoms with E-state index in [9.17, 15) is 0 Å². The van der Waals surface area contributed by atoms with E-state index in [1.165, 1.54) is 41.6 Å². The van der Waals surface area contributed by atoms with E-state index in [-0.39, 0.29) is 5.54 Å². The van der Waals surface area contributed by atoms with Crippen molar-refractivity contribution in [1.82, 2.24) is 0 Å². The van der Waals surface area contributed by atoms with Gasteiger partial charge in [-0.25, -0.2) is 0 Å². The average molecular weight is 340 g/mol. The van der Waals surface area contributed by atoms with E-state index in [0.717, 1.165) is 0 Å². The predicted molar refractivity (Wildman–Crippen MR) is 102 cm³/mol. The lowest BCUT2D eigenvalue weighted by atomic mass is 9.89. The van der Waals surface area contributed by atoms with Gasteiger partial charge in [0.15, 0.2) is 0 Å². The molecule has 23 heavy (non-hydrogen) atoms. The third kappa shape index (κ3) is 1.72. The first kappa shape index (κ1) is 14.1. The van der Waals surface area contributed by atoms with Crippen LogP contribution in [0.2, 0.25) is 0 Å². The molecule has 1 atom stereocenters. The Balaban J connectivity index is 1.79. The van der Waals surface area contributed by atoms with Gasteiger partial charge in [0.25, 0.3) is 0 Å². The van der Waals surface area contributed by atoms with E-state index in [1.54, 1.807) is 15.1 Å². The van der Waals surface area contributed by atoms with Gasteiger partial charge in [0.05, 0.1) is 16.3 Å². The molecule has 5 rings (SSSR count). The summed E-state index contributed by atoms with van der Waals surface area (Å²) in [6, 6.07) is 11.8. The van der Waals surface area contributed by atoms with E-state index in [0.29, 0.717) is 6.04 Å². The number of aryl methyl sites for hydroxylation is 1. The van der Waals surface area contributed by atoms with Crippen LogP contribution in [0.25, 0.3) is 9.40 Å². The largest absolute Gasteiger partial charge is 0.354 e. The normalized spacial score (nSPS) is 22.3. The summed E-state index contributed by atoms with van der Waals surface area (Å²) in [4.78, 5) is 4.40. The van der Waals surface area contributed by atoms with E-state index >= 15 is 0 Å². The third-order valence-electron chi connectivity index (χ3n) is 5.82. The Morgan fingerprint density at radius 1 is 1.13 bits per heavy atom. The molecule has 3 heterocycles. The van der Waals surface area contributed by atoms with Crippen LogP contribution < -0.4 is 4.90 Å². The lowest BCUT2D eigenvalue weighted by Gasteiger charge is -2.41. The maximum absolute atomic E-state index is 2.77. The average Bonchev–Trinajstić information content (AvgIpc) is 3.26. The maximum Gasteiger partial charge on any atom is 0.0686 e. The van der Waals surface area contributed by atoms with Crippen LogP contribution in [-0.4, -0.2) is 0 Å². The summed E-state index contributed by atoms with van der Waals surface area (Å²) in [6.07, 6.45) is 5.33. The molecule has 1 nitrogen and oxygen atoms in total. The smallest absolute Gasteiger partial charge is 0.0686 e. The summed E-state index contributed by atoms with van der Waals surface area (Å²) in [7, 11) is 0. The van der Waals surface area contributed by atoms with Crippen molar-refractivity contribution in [2.75, 3.05) is 4.90 Å². The Hall–Kier alpha value is -1.32. The van der Waals surface area contributed by atoms with Gasteiger partial charge in [0.2, 0.25) is 0 Å². The molecule has 0 saturated heterocycles. The van der Waals surface area contributed by atoms with Crippen LogP contribution in [-0.2, 0) is 5.54 Å². The van der Waals surface area contributed by atoms with Gasteiger partial charge in [-0.3, -0.25) is 0 Å². The summed E-state index contributed by atoms with van der Waals surface area (Å²) in [5.41, 5.74) is 4.77. The fourth-order valence-corrected chi connectivity index (χ4v) is 7.51. The molecular weight excluding hydrogens is 318 g/mol. The molecule has 1 aliphatic heterocycles. The summed E-state index contributed by atoms with van der Waals surface area (Å²) in [6.45, 7) is 4.68. The van der Waals surface area contributed by atoms with Crippen LogP contribution in [0.15, 0.2) is 35.7 Å². The quantitative estimate of drug-likeness (QED) is 0.481. The maximum atomic E-state index is 2.77. The SMILES string of the molecule is Cc1ccccc1N1[C@@H](C)c2sc3ccsc3c2C12CCCC2. The van der Waals surface area contributed by atoms with E-state index in [2.05, 4.69) is 54.5 Å². The fourth-order valence-electron chi connectivity index (χ4n) is 4.91. The van der Waals surface area contributed by atoms with Crippen molar-refractivity contribution in [3.8, 4) is 0 Å². The monoisotopic (exact) mass is 339 g/mol. The molecule has 3 aromatic rings. The van der Waals surface area contributed by atoms with Crippen LogP contribution >= 0.6 is 22.7 Å². The molecule has 0 radical (unpaired) electrons. The molecule has 0 N–H and O–H groups in total. The molecule has 1 saturated carbocycles. The number of benzene rings is 1. The van der Waals surface area contributed by atoms with Crippen LogP contribution in [0.4, 0.5) is 5.69 Å². The molecule has 1 aromatic carbocycles. The lowest BCUT2D eigenvalue weighted by Crippen LogP contribution is -2.40. The van der Waals surface area contributed by atoms with Gasteiger partial charge in [0.1, 0.15) is 0 Å². The van der Waals surface area contributed by atoms with Crippen molar-refractivity contribution in [3.05, 3.63) is 51.7 Å². The Labute approximate surface area is 145 Å². The first-order chi connectivity index (χ1) is 11.2. The second-order valence-electron chi connectivity index (χ2n) is 7.03. The zero-order valence-electron chi connectivity index (χ0n) is 13.6. The zero-order chi connectivity index (χ0) is 15.6. The van der Waals surface area contributed by atoms with Crippen molar-refractivity contribution in [1.29, 1.82) is 0 Å². The highest BCUT2D eigenvalue weighted by molar-refractivity contribution is 7.27. The van der Waals surface area contributed by atoms with Crippen LogP contribution in [0, 0.1) is 6.92 Å². The van der Waals surface area contributed by atoms with Crippen LogP contribution in [0.3, 0.4) is 0 Å². The molecule has 0 unspecified atom stereocenters.